The fourth-order valence-corrected chi connectivity index (χ4v) is 2.62. The van der Waals surface area contributed by atoms with Gasteiger partial charge in [-0.1, -0.05) is 35.5 Å². The maximum atomic E-state index is 12.4. The standard InChI is InChI=1S/C16H19N3O2/c1-13-15(12-21-17-13)16(20)19-9-7-18(8-10-19)11-14-5-3-2-4-6-14/h2-6,12H,7-11H2,1H3. The van der Waals surface area contributed by atoms with Crippen LogP contribution >= 0.6 is 0 Å². The zero-order chi connectivity index (χ0) is 14.7. The summed E-state index contributed by atoms with van der Waals surface area (Å²) in [7, 11) is 0. The first-order valence-corrected chi connectivity index (χ1v) is 7.20. The van der Waals surface area contributed by atoms with Crippen molar-refractivity contribution in [2.24, 2.45) is 0 Å². The average Bonchev–Trinajstić information content (AvgIpc) is 2.94. The molecule has 5 nitrogen and oxygen atoms in total. The van der Waals surface area contributed by atoms with E-state index in [9.17, 15) is 4.79 Å². The van der Waals surface area contributed by atoms with Gasteiger partial charge in [0.2, 0.25) is 0 Å². The van der Waals surface area contributed by atoms with Crippen molar-refractivity contribution in [3.63, 3.8) is 0 Å². The molecule has 21 heavy (non-hydrogen) atoms. The number of carbonyl (C=O) groups is 1. The van der Waals surface area contributed by atoms with E-state index in [4.69, 9.17) is 4.52 Å². The Kier molecular flexibility index (Phi) is 4.01. The van der Waals surface area contributed by atoms with Crippen LogP contribution in [0.15, 0.2) is 41.1 Å². The SMILES string of the molecule is Cc1nocc1C(=O)N1CCN(Cc2ccccc2)CC1. The Hall–Kier alpha value is -2.14. The van der Waals surface area contributed by atoms with Crippen molar-refractivity contribution in [2.45, 2.75) is 13.5 Å². The number of amides is 1. The van der Waals surface area contributed by atoms with E-state index in [-0.39, 0.29) is 5.91 Å². The summed E-state index contributed by atoms with van der Waals surface area (Å²) in [5, 5.41) is 3.77. The van der Waals surface area contributed by atoms with Crippen LogP contribution in [0.3, 0.4) is 0 Å². The third-order valence-corrected chi connectivity index (χ3v) is 3.89. The molecule has 1 aliphatic heterocycles. The minimum absolute atomic E-state index is 0.0214. The van der Waals surface area contributed by atoms with Crippen LogP contribution in [0.1, 0.15) is 21.6 Å². The van der Waals surface area contributed by atoms with E-state index in [1.807, 2.05) is 11.0 Å². The largest absolute Gasteiger partial charge is 0.364 e. The topological polar surface area (TPSA) is 49.6 Å². The monoisotopic (exact) mass is 285 g/mol. The molecule has 2 aromatic rings. The van der Waals surface area contributed by atoms with Crippen LogP contribution in [0.4, 0.5) is 0 Å². The maximum absolute atomic E-state index is 12.4. The Morgan fingerprint density at radius 3 is 2.52 bits per heavy atom. The predicted octanol–water partition coefficient (Wildman–Crippen LogP) is 1.94. The van der Waals surface area contributed by atoms with Crippen molar-refractivity contribution in [1.29, 1.82) is 0 Å². The number of aryl methyl sites for hydroxylation is 1. The van der Waals surface area contributed by atoms with E-state index in [1.165, 1.54) is 11.8 Å². The summed E-state index contributed by atoms with van der Waals surface area (Å²) in [5.74, 6) is 0.0214. The molecular weight excluding hydrogens is 266 g/mol. The Morgan fingerprint density at radius 1 is 1.19 bits per heavy atom. The van der Waals surface area contributed by atoms with Gasteiger partial charge in [0.15, 0.2) is 0 Å². The van der Waals surface area contributed by atoms with Crippen molar-refractivity contribution < 1.29 is 9.32 Å². The first-order valence-electron chi connectivity index (χ1n) is 7.20. The van der Waals surface area contributed by atoms with Gasteiger partial charge < -0.3 is 9.42 Å². The van der Waals surface area contributed by atoms with Gasteiger partial charge in [0.05, 0.1) is 5.69 Å². The van der Waals surface area contributed by atoms with Crippen LogP contribution in [0.2, 0.25) is 0 Å². The highest BCUT2D eigenvalue weighted by Crippen LogP contribution is 2.13. The molecule has 0 saturated carbocycles. The van der Waals surface area contributed by atoms with Gasteiger partial charge >= 0.3 is 0 Å². The van der Waals surface area contributed by atoms with Gasteiger partial charge in [-0.3, -0.25) is 9.69 Å². The number of carbonyl (C=O) groups excluding carboxylic acids is 1. The molecule has 0 radical (unpaired) electrons. The summed E-state index contributed by atoms with van der Waals surface area (Å²) in [4.78, 5) is 16.6. The van der Waals surface area contributed by atoms with Crippen molar-refractivity contribution in [3.05, 3.63) is 53.4 Å². The second kappa shape index (κ2) is 6.10. The molecule has 0 unspecified atom stereocenters. The Morgan fingerprint density at radius 2 is 1.90 bits per heavy atom. The normalized spacial score (nSPS) is 16.1. The molecule has 1 amide bonds. The molecule has 2 heterocycles. The lowest BCUT2D eigenvalue weighted by atomic mass is 10.2. The number of nitrogens with zero attached hydrogens (tertiary/aromatic N) is 3. The van der Waals surface area contributed by atoms with Crippen LogP contribution < -0.4 is 0 Å². The molecule has 5 heteroatoms. The van der Waals surface area contributed by atoms with Crippen LogP contribution in [-0.4, -0.2) is 47.0 Å². The Balaban J connectivity index is 1.56. The number of rotatable bonds is 3. The van der Waals surface area contributed by atoms with Crippen LogP contribution in [-0.2, 0) is 6.54 Å². The first kappa shape index (κ1) is 13.8. The third-order valence-electron chi connectivity index (χ3n) is 3.89. The van der Waals surface area contributed by atoms with Gasteiger partial charge in [0.1, 0.15) is 11.8 Å². The number of piperazine rings is 1. The maximum Gasteiger partial charge on any atom is 0.259 e. The van der Waals surface area contributed by atoms with Crippen molar-refractivity contribution >= 4 is 5.91 Å². The molecular formula is C16H19N3O2. The average molecular weight is 285 g/mol. The molecule has 0 atom stereocenters. The van der Waals surface area contributed by atoms with Crippen LogP contribution in [0, 0.1) is 6.92 Å². The highest BCUT2D eigenvalue weighted by Gasteiger charge is 2.24. The smallest absolute Gasteiger partial charge is 0.259 e. The summed E-state index contributed by atoms with van der Waals surface area (Å²) in [6, 6.07) is 10.4. The number of benzene rings is 1. The predicted molar refractivity (Wildman–Crippen MR) is 78.9 cm³/mol. The second-order valence-corrected chi connectivity index (χ2v) is 5.37. The van der Waals surface area contributed by atoms with Crippen LogP contribution in [0.5, 0.6) is 0 Å². The van der Waals surface area contributed by atoms with Gasteiger partial charge in [0, 0.05) is 32.7 Å². The minimum Gasteiger partial charge on any atom is -0.364 e. The molecule has 1 saturated heterocycles. The van der Waals surface area contributed by atoms with Gasteiger partial charge in [-0.2, -0.15) is 0 Å². The Bertz CT molecular complexity index is 601. The minimum atomic E-state index is 0.0214. The summed E-state index contributed by atoms with van der Waals surface area (Å²) >= 11 is 0. The lowest BCUT2D eigenvalue weighted by molar-refractivity contribution is 0.0627. The number of hydrogen-bond donors (Lipinski definition) is 0. The molecule has 1 aromatic heterocycles. The van der Waals surface area contributed by atoms with E-state index >= 15 is 0 Å². The molecule has 1 fully saturated rings. The van der Waals surface area contributed by atoms with E-state index in [0.29, 0.717) is 11.3 Å². The summed E-state index contributed by atoms with van der Waals surface area (Å²) in [6.07, 6.45) is 1.44. The molecule has 110 valence electrons. The van der Waals surface area contributed by atoms with Gasteiger partial charge in [-0.05, 0) is 12.5 Å². The number of hydrogen-bond acceptors (Lipinski definition) is 4. The molecule has 1 aliphatic rings. The third kappa shape index (κ3) is 3.13. The van der Waals surface area contributed by atoms with Gasteiger partial charge in [-0.25, -0.2) is 0 Å². The van der Waals surface area contributed by atoms with E-state index < -0.39 is 0 Å². The Labute approximate surface area is 124 Å². The van der Waals surface area contributed by atoms with E-state index in [2.05, 4.69) is 34.3 Å². The zero-order valence-electron chi connectivity index (χ0n) is 12.2. The molecule has 3 rings (SSSR count). The molecule has 0 N–H and O–H groups in total. The van der Waals surface area contributed by atoms with Crippen molar-refractivity contribution in [2.75, 3.05) is 26.2 Å². The summed E-state index contributed by atoms with van der Waals surface area (Å²) < 4.78 is 4.85. The van der Waals surface area contributed by atoms with Gasteiger partial charge in [0.25, 0.3) is 5.91 Å². The zero-order valence-corrected chi connectivity index (χ0v) is 12.2. The van der Waals surface area contributed by atoms with E-state index in [0.717, 1.165) is 32.7 Å². The molecule has 0 spiro atoms. The fourth-order valence-electron chi connectivity index (χ4n) is 2.62. The highest BCUT2D eigenvalue weighted by molar-refractivity contribution is 5.94. The molecule has 0 aliphatic carbocycles. The van der Waals surface area contributed by atoms with Crippen LogP contribution in [0.25, 0.3) is 0 Å². The number of aromatic nitrogens is 1. The fraction of sp³-hybridized carbons (Fsp3) is 0.375. The van der Waals surface area contributed by atoms with E-state index in [1.54, 1.807) is 6.92 Å². The quantitative estimate of drug-likeness (QED) is 0.865. The summed E-state index contributed by atoms with van der Waals surface area (Å²) in [6.45, 7) is 6.01. The highest BCUT2D eigenvalue weighted by atomic mass is 16.5. The molecule has 0 bridgehead atoms. The first-order chi connectivity index (χ1) is 10.2. The molecule has 1 aromatic carbocycles. The lowest BCUT2D eigenvalue weighted by Crippen LogP contribution is -2.48. The van der Waals surface area contributed by atoms with Crippen molar-refractivity contribution in [3.8, 4) is 0 Å². The van der Waals surface area contributed by atoms with Crippen molar-refractivity contribution in [1.82, 2.24) is 15.0 Å². The van der Waals surface area contributed by atoms with Gasteiger partial charge in [-0.15, -0.1) is 0 Å². The second-order valence-electron chi connectivity index (χ2n) is 5.37. The summed E-state index contributed by atoms with van der Waals surface area (Å²) in [5.41, 5.74) is 2.55. The lowest BCUT2D eigenvalue weighted by Gasteiger charge is -2.34.